The van der Waals surface area contributed by atoms with Crippen LogP contribution in [0.3, 0.4) is 0 Å². The Bertz CT molecular complexity index is 492. The molecule has 84 valence electrons. The Labute approximate surface area is 105 Å². The molecular formula is C12H12Cl2N2. The number of rotatable bonds is 3. The Morgan fingerprint density at radius 2 is 2.06 bits per heavy atom. The van der Waals surface area contributed by atoms with Gasteiger partial charge in [0.2, 0.25) is 0 Å². The van der Waals surface area contributed by atoms with Gasteiger partial charge in [0.25, 0.3) is 0 Å². The first-order chi connectivity index (χ1) is 7.66. The maximum atomic E-state index is 6.07. The van der Waals surface area contributed by atoms with Crippen molar-refractivity contribution in [2.24, 2.45) is 7.05 Å². The van der Waals surface area contributed by atoms with Crippen molar-refractivity contribution in [3.8, 4) is 0 Å². The Kier molecular flexibility index (Phi) is 3.42. The van der Waals surface area contributed by atoms with Gasteiger partial charge in [-0.15, -0.1) is 0 Å². The highest BCUT2D eigenvalue weighted by Gasteiger charge is 2.03. The van der Waals surface area contributed by atoms with Gasteiger partial charge in [0.1, 0.15) is 0 Å². The molecule has 1 aromatic heterocycles. The highest BCUT2D eigenvalue weighted by molar-refractivity contribution is 6.43. The van der Waals surface area contributed by atoms with Gasteiger partial charge in [0, 0.05) is 26.0 Å². The predicted molar refractivity (Wildman–Crippen MR) is 69.2 cm³/mol. The van der Waals surface area contributed by atoms with Crippen LogP contribution in [0.5, 0.6) is 0 Å². The van der Waals surface area contributed by atoms with Crippen LogP contribution in [0, 0.1) is 0 Å². The van der Waals surface area contributed by atoms with E-state index in [0.717, 1.165) is 12.2 Å². The van der Waals surface area contributed by atoms with E-state index in [1.807, 2.05) is 29.9 Å². The minimum atomic E-state index is 0.569. The van der Waals surface area contributed by atoms with E-state index < -0.39 is 0 Å². The molecule has 4 heteroatoms. The quantitative estimate of drug-likeness (QED) is 0.878. The largest absolute Gasteiger partial charge is 0.380 e. The molecular weight excluding hydrogens is 243 g/mol. The van der Waals surface area contributed by atoms with Gasteiger partial charge in [-0.3, -0.25) is 0 Å². The Morgan fingerprint density at radius 1 is 1.25 bits per heavy atom. The zero-order valence-corrected chi connectivity index (χ0v) is 10.4. The lowest BCUT2D eigenvalue weighted by molar-refractivity contribution is 0.920. The zero-order valence-electron chi connectivity index (χ0n) is 8.87. The number of hydrogen-bond acceptors (Lipinski definition) is 1. The number of nitrogens with zero attached hydrogens (tertiary/aromatic N) is 1. The van der Waals surface area contributed by atoms with Crippen LogP contribution in [-0.4, -0.2) is 4.57 Å². The lowest BCUT2D eigenvalue weighted by Crippen LogP contribution is -1.99. The molecule has 0 fully saturated rings. The number of aryl methyl sites for hydroxylation is 1. The molecule has 2 nitrogen and oxygen atoms in total. The summed E-state index contributed by atoms with van der Waals surface area (Å²) < 4.78 is 2.01. The molecule has 2 aromatic rings. The minimum absolute atomic E-state index is 0.569. The molecule has 0 aliphatic heterocycles. The van der Waals surface area contributed by atoms with Crippen LogP contribution in [0.2, 0.25) is 10.0 Å². The van der Waals surface area contributed by atoms with Gasteiger partial charge in [0.05, 0.1) is 15.7 Å². The topological polar surface area (TPSA) is 17.0 Å². The summed E-state index contributed by atoms with van der Waals surface area (Å²) in [5, 5.41) is 4.39. The molecule has 0 spiro atoms. The van der Waals surface area contributed by atoms with E-state index >= 15 is 0 Å². The molecule has 16 heavy (non-hydrogen) atoms. The molecule has 0 saturated carbocycles. The predicted octanol–water partition coefficient (Wildman–Crippen LogP) is 3.94. The number of aromatic nitrogens is 1. The Balaban J connectivity index is 2.07. The van der Waals surface area contributed by atoms with Crippen LogP contribution in [0.1, 0.15) is 5.56 Å². The summed E-state index contributed by atoms with van der Waals surface area (Å²) in [5.41, 5.74) is 2.07. The van der Waals surface area contributed by atoms with Crippen LogP contribution >= 0.6 is 23.2 Å². The van der Waals surface area contributed by atoms with Crippen LogP contribution in [0.25, 0.3) is 0 Å². The molecule has 1 heterocycles. The standard InChI is InChI=1S/C12H12Cl2N2/c1-16-6-5-9(8-16)7-15-11-4-2-3-10(13)12(11)14/h2-6,8,15H,7H2,1H3. The zero-order chi connectivity index (χ0) is 11.5. The van der Waals surface area contributed by atoms with E-state index in [4.69, 9.17) is 23.2 Å². The van der Waals surface area contributed by atoms with Crippen LogP contribution in [-0.2, 0) is 13.6 Å². The normalized spacial score (nSPS) is 10.4. The molecule has 0 amide bonds. The smallest absolute Gasteiger partial charge is 0.0823 e. The summed E-state index contributed by atoms with van der Waals surface area (Å²) in [5.74, 6) is 0. The number of benzene rings is 1. The summed E-state index contributed by atoms with van der Waals surface area (Å²) in [7, 11) is 2.00. The van der Waals surface area contributed by atoms with Gasteiger partial charge >= 0.3 is 0 Å². The summed E-state index contributed by atoms with van der Waals surface area (Å²) in [4.78, 5) is 0. The highest BCUT2D eigenvalue weighted by atomic mass is 35.5. The van der Waals surface area contributed by atoms with Gasteiger partial charge < -0.3 is 9.88 Å². The van der Waals surface area contributed by atoms with E-state index in [1.54, 1.807) is 6.07 Å². The first-order valence-electron chi connectivity index (χ1n) is 4.95. The van der Waals surface area contributed by atoms with Crippen molar-refractivity contribution in [3.05, 3.63) is 52.3 Å². The molecule has 0 aliphatic carbocycles. The van der Waals surface area contributed by atoms with Crippen molar-refractivity contribution in [2.45, 2.75) is 6.54 Å². The highest BCUT2D eigenvalue weighted by Crippen LogP contribution is 2.29. The van der Waals surface area contributed by atoms with Gasteiger partial charge in [-0.05, 0) is 23.8 Å². The third-order valence-corrected chi connectivity index (χ3v) is 3.15. The van der Waals surface area contributed by atoms with E-state index in [1.165, 1.54) is 5.56 Å². The molecule has 1 N–H and O–H groups in total. The summed E-state index contributed by atoms with van der Waals surface area (Å²) in [6.07, 6.45) is 4.07. The maximum Gasteiger partial charge on any atom is 0.0823 e. The fourth-order valence-corrected chi connectivity index (χ4v) is 1.87. The van der Waals surface area contributed by atoms with Crippen LogP contribution in [0.4, 0.5) is 5.69 Å². The molecule has 1 aromatic carbocycles. The fraction of sp³-hybridized carbons (Fsp3) is 0.167. The minimum Gasteiger partial charge on any atom is -0.380 e. The Morgan fingerprint density at radius 3 is 2.75 bits per heavy atom. The van der Waals surface area contributed by atoms with Crippen molar-refractivity contribution < 1.29 is 0 Å². The van der Waals surface area contributed by atoms with Crippen molar-refractivity contribution in [1.82, 2.24) is 4.57 Å². The number of anilines is 1. The number of hydrogen-bond donors (Lipinski definition) is 1. The van der Waals surface area contributed by atoms with E-state index in [-0.39, 0.29) is 0 Å². The van der Waals surface area contributed by atoms with Crippen molar-refractivity contribution >= 4 is 28.9 Å². The van der Waals surface area contributed by atoms with Crippen LogP contribution < -0.4 is 5.32 Å². The molecule has 0 atom stereocenters. The number of nitrogens with one attached hydrogen (secondary N) is 1. The molecule has 0 radical (unpaired) electrons. The third-order valence-electron chi connectivity index (χ3n) is 2.33. The molecule has 0 aliphatic rings. The first kappa shape index (κ1) is 11.4. The van der Waals surface area contributed by atoms with E-state index in [0.29, 0.717) is 10.0 Å². The lowest BCUT2D eigenvalue weighted by atomic mass is 10.3. The average molecular weight is 255 g/mol. The van der Waals surface area contributed by atoms with Gasteiger partial charge in [-0.25, -0.2) is 0 Å². The van der Waals surface area contributed by atoms with Gasteiger partial charge in [0.15, 0.2) is 0 Å². The fourth-order valence-electron chi connectivity index (χ4n) is 1.50. The first-order valence-corrected chi connectivity index (χ1v) is 5.71. The van der Waals surface area contributed by atoms with Crippen molar-refractivity contribution in [1.29, 1.82) is 0 Å². The molecule has 0 unspecified atom stereocenters. The Hall–Kier alpha value is -1.12. The van der Waals surface area contributed by atoms with Gasteiger partial charge in [-0.1, -0.05) is 29.3 Å². The van der Waals surface area contributed by atoms with Crippen molar-refractivity contribution in [3.63, 3.8) is 0 Å². The summed E-state index contributed by atoms with van der Waals surface area (Å²) in [6.45, 7) is 0.737. The SMILES string of the molecule is Cn1ccc(CNc2cccc(Cl)c2Cl)c1. The number of halogens is 2. The summed E-state index contributed by atoms with van der Waals surface area (Å²) in [6, 6.07) is 7.63. The maximum absolute atomic E-state index is 6.07. The van der Waals surface area contributed by atoms with Crippen molar-refractivity contribution in [2.75, 3.05) is 5.32 Å². The average Bonchev–Trinajstić information content (AvgIpc) is 2.67. The summed E-state index contributed by atoms with van der Waals surface area (Å²) >= 11 is 12.0. The second-order valence-corrected chi connectivity index (χ2v) is 4.43. The monoisotopic (exact) mass is 254 g/mol. The van der Waals surface area contributed by atoms with E-state index in [2.05, 4.69) is 17.6 Å². The van der Waals surface area contributed by atoms with Gasteiger partial charge in [-0.2, -0.15) is 0 Å². The molecule has 0 saturated heterocycles. The van der Waals surface area contributed by atoms with Crippen LogP contribution in [0.15, 0.2) is 36.7 Å². The lowest BCUT2D eigenvalue weighted by Gasteiger charge is -2.08. The molecule has 0 bridgehead atoms. The third kappa shape index (κ3) is 2.52. The second kappa shape index (κ2) is 4.81. The second-order valence-electron chi connectivity index (χ2n) is 3.64. The van der Waals surface area contributed by atoms with E-state index in [9.17, 15) is 0 Å². The molecule has 2 rings (SSSR count).